The molecular weight excluding hydrogens is 278 g/mol. The molecule has 6 nitrogen and oxygen atoms in total. The summed E-state index contributed by atoms with van der Waals surface area (Å²) in [6.45, 7) is 16.0. The number of anilines is 1. The molecule has 0 unspecified atom stereocenters. The van der Waals surface area contributed by atoms with Gasteiger partial charge in [-0.3, -0.25) is 4.90 Å². The molecule has 0 amide bonds. The first kappa shape index (κ1) is 14.8. The average molecular weight is 299 g/mol. The Hall–Kier alpha value is -2.10. The maximum Gasteiger partial charge on any atom is 0.231 e. The van der Waals surface area contributed by atoms with Crippen LogP contribution in [0.4, 0.5) is 11.4 Å². The molecule has 3 heterocycles. The molecule has 1 saturated heterocycles. The van der Waals surface area contributed by atoms with Crippen LogP contribution in [0.2, 0.25) is 0 Å². The molecule has 0 radical (unpaired) electrons. The molecule has 0 saturated carbocycles. The van der Waals surface area contributed by atoms with E-state index >= 15 is 0 Å². The van der Waals surface area contributed by atoms with Crippen LogP contribution >= 0.6 is 0 Å². The van der Waals surface area contributed by atoms with Crippen molar-refractivity contribution in [3.05, 3.63) is 35.9 Å². The summed E-state index contributed by atoms with van der Waals surface area (Å²) in [6.07, 6.45) is 3.51. The summed E-state index contributed by atoms with van der Waals surface area (Å²) in [5.74, 6) is 0. The van der Waals surface area contributed by atoms with Crippen molar-refractivity contribution in [3.8, 4) is 0 Å². The Bertz CT molecular complexity index is 694. The summed E-state index contributed by atoms with van der Waals surface area (Å²) in [5.41, 5.74) is 2.35. The van der Waals surface area contributed by atoms with Crippen molar-refractivity contribution < 1.29 is 4.74 Å². The van der Waals surface area contributed by atoms with Gasteiger partial charge in [-0.15, -0.1) is 0 Å². The summed E-state index contributed by atoms with van der Waals surface area (Å²) in [6, 6.07) is 3.92. The summed E-state index contributed by atoms with van der Waals surface area (Å²) in [4.78, 5) is 6.02. The number of hydrogen-bond donors (Lipinski definition) is 1. The number of hydrogen-bond acceptors (Lipinski definition) is 4. The van der Waals surface area contributed by atoms with E-state index in [1.165, 1.54) is 0 Å². The predicted octanol–water partition coefficient (Wildman–Crippen LogP) is 2.41. The van der Waals surface area contributed by atoms with Crippen molar-refractivity contribution in [2.75, 3.05) is 38.2 Å². The average Bonchev–Trinajstić information content (AvgIpc) is 3.02. The number of nitrogens with zero attached hydrogens (tertiary/aromatic N) is 4. The number of rotatable bonds is 4. The number of ether oxygens (including phenoxy) is 1. The number of fused-ring (bicyclic) bond motifs is 1. The zero-order chi connectivity index (χ0) is 15.6. The monoisotopic (exact) mass is 299 g/mol. The van der Waals surface area contributed by atoms with Crippen LogP contribution < -0.4 is 5.32 Å². The van der Waals surface area contributed by atoms with Gasteiger partial charge >= 0.3 is 0 Å². The molecule has 1 N–H and O–H groups in total. The van der Waals surface area contributed by atoms with Crippen molar-refractivity contribution in [2.24, 2.45) is 0 Å². The van der Waals surface area contributed by atoms with Gasteiger partial charge in [0.05, 0.1) is 37.2 Å². The molecule has 2 aromatic rings. The predicted molar refractivity (Wildman–Crippen MR) is 86.4 cm³/mol. The third kappa shape index (κ3) is 2.78. The Morgan fingerprint density at radius 1 is 1.41 bits per heavy atom. The van der Waals surface area contributed by atoms with Crippen LogP contribution in [0.3, 0.4) is 0 Å². The Morgan fingerprint density at radius 3 is 2.91 bits per heavy atom. The number of morpholine rings is 1. The molecule has 1 fully saturated rings. The van der Waals surface area contributed by atoms with Crippen LogP contribution in [0.15, 0.2) is 24.5 Å². The maximum absolute atomic E-state index is 7.35. The highest BCUT2D eigenvalue weighted by molar-refractivity contribution is 5.84. The Balaban J connectivity index is 1.81. The van der Waals surface area contributed by atoms with E-state index < -0.39 is 0 Å². The SMILES string of the molecule is [C-]#[N+]c1cnn2cccc2c1NCC(C)(C)N1CCOCC1. The summed E-state index contributed by atoms with van der Waals surface area (Å²) in [7, 11) is 0. The van der Waals surface area contributed by atoms with Crippen molar-refractivity contribution in [2.45, 2.75) is 19.4 Å². The lowest BCUT2D eigenvalue weighted by Crippen LogP contribution is -2.53. The van der Waals surface area contributed by atoms with Gasteiger partial charge in [-0.2, -0.15) is 5.10 Å². The number of aromatic nitrogens is 2. The van der Waals surface area contributed by atoms with Crippen molar-refractivity contribution in [3.63, 3.8) is 0 Å². The van der Waals surface area contributed by atoms with Gasteiger partial charge in [-0.25, -0.2) is 9.36 Å². The van der Waals surface area contributed by atoms with Crippen LogP contribution in [-0.4, -0.2) is 52.9 Å². The Kier molecular flexibility index (Phi) is 4.01. The minimum atomic E-state index is -0.00404. The summed E-state index contributed by atoms with van der Waals surface area (Å²) >= 11 is 0. The zero-order valence-corrected chi connectivity index (χ0v) is 13.0. The zero-order valence-electron chi connectivity index (χ0n) is 13.0. The van der Waals surface area contributed by atoms with Crippen LogP contribution in [0, 0.1) is 6.57 Å². The van der Waals surface area contributed by atoms with Gasteiger partial charge in [0, 0.05) is 31.4 Å². The van der Waals surface area contributed by atoms with Gasteiger partial charge < -0.3 is 10.1 Å². The molecule has 22 heavy (non-hydrogen) atoms. The second-order valence-corrected chi connectivity index (χ2v) is 6.12. The molecule has 116 valence electrons. The molecule has 1 aliphatic rings. The first-order chi connectivity index (χ1) is 10.6. The molecule has 1 aliphatic heterocycles. The molecule has 2 aromatic heterocycles. The number of nitrogens with one attached hydrogen (secondary N) is 1. The quantitative estimate of drug-likeness (QED) is 0.881. The second-order valence-electron chi connectivity index (χ2n) is 6.12. The molecule has 0 aliphatic carbocycles. The van der Waals surface area contributed by atoms with E-state index in [1.807, 2.05) is 18.3 Å². The molecule has 0 aromatic carbocycles. The highest BCUT2D eigenvalue weighted by atomic mass is 16.5. The largest absolute Gasteiger partial charge is 0.390 e. The third-order valence-electron chi connectivity index (χ3n) is 4.23. The molecular formula is C16H21N5O. The lowest BCUT2D eigenvalue weighted by Gasteiger charge is -2.41. The fraction of sp³-hybridized carbons (Fsp3) is 0.500. The van der Waals surface area contributed by atoms with Crippen LogP contribution in [-0.2, 0) is 4.74 Å². The smallest absolute Gasteiger partial charge is 0.231 e. The van der Waals surface area contributed by atoms with Crippen molar-refractivity contribution in [1.29, 1.82) is 0 Å². The van der Waals surface area contributed by atoms with Gasteiger partial charge in [0.15, 0.2) is 0 Å². The fourth-order valence-corrected chi connectivity index (χ4v) is 2.83. The minimum absolute atomic E-state index is 0.00404. The van der Waals surface area contributed by atoms with Crippen molar-refractivity contribution >= 4 is 16.9 Å². The first-order valence-corrected chi connectivity index (χ1v) is 7.52. The lowest BCUT2D eigenvalue weighted by molar-refractivity contribution is -0.00567. The fourth-order valence-electron chi connectivity index (χ4n) is 2.83. The molecule has 0 atom stereocenters. The summed E-state index contributed by atoms with van der Waals surface area (Å²) < 4.78 is 7.22. The van der Waals surface area contributed by atoms with Gasteiger partial charge in [-0.1, -0.05) is 0 Å². The standard InChI is InChI=1S/C16H21N5O/c1-16(2,20-7-9-22-10-8-20)12-18-15-13(17-3)11-19-21-6-4-5-14(15)21/h4-6,11,18H,7-10,12H2,1-2H3. The summed E-state index contributed by atoms with van der Waals surface area (Å²) in [5, 5.41) is 7.72. The maximum atomic E-state index is 7.35. The second kappa shape index (κ2) is 5.95. The molecule has 0 spiro atoms. The Morgan fingerprint density at radius 2 is 2.18 bits per heavy atom. The lowest BCUT2D eigenvalue weighted by atomic mass is 10.0. The van der Waals surface area contributed by atoms with Crippen LogP contribution in [0.5, 0.6) is 0 Å². The van der Waals surface area contributed by atoms with Crippen LogP contribution in [0.25, 0.3) is 10.4 Å². The van der Waals surface area contributed by atoms with E-state index in [-0.39, 0.29) is 5.54 Å². The van der Waals surface area contributed by atoms with Crippen LogP contribution in [0.1, 0.15) is 13.8 Å². The first-order valence-electron chi connectivity index (χ1n) is 7.52. The van der Waals surface area contributed by atoms with E-state index in [4.69, 9.17) is 11.3 Å². The topological polar surface area (TPSA) is 46.2 Å². The molecule has 0 bridgehead atoms. The van der Waals surface area contributed by atoms with E-state index in [0.29, 0.717) is 5.69 Å². The highest BCUT2D eigenvalue weighted by Gasteiger charge is 2.28. The van der Waals surface area contributed by atoms with Crippen molar-refractivity contribution in [1.82, 2.24) is 14.5 Å². The van der Waals surface area contributed by atoms with E-state index in [2.05, 4.69) is 34.0 Å². The normalized spacial score (nSPS) is 16.6. The Labute approximate surface area is 130 Å². The highest BCUT2D eigenvalue weighted by Crippen LogP contribution is 2.30. The van der Waals surface area contributed by atoms with E-state index in [0.717, 1.165) is 44.1 Å². The molecule has 3 rings (SSSR count). The minimum Gasteiger partial charge on any atom is -0.390 e. The van der Waals surface area contributed by atoms with Gasteiger partial charge in [0.1, 0.15) is 0 Å². The van der Waals surface area contributed by atoms with Gasteiger partial charge in [0.25, 0.3) is 0 Å². The third-order valence-corrected chi connectivity index (χ3v) is 4.23. The van der Waals surface area contributed by atoms with Gasteiger partial charge in [0.2, 0.25) is 5.69 Å². The van der Waals surface area contributed by atoms with Gasteiger partial charge in [-0.05, 0) is 26.0 Å². The van der Waals surface area contributed by atoms with E-state index in [9.17, 15) is 0 Å². The van der Waals surface area contributed by atoms with E-state index in [1.54, 1.807) is 10.7 Å². The molecule has 6 heteroatoms.